The number of carbonyl (C=O) groups is 2. The monoisotopic (exact) mass is 686 g/mol. The molecule has 0 spiro atoms. The largest absolute Gasteiger partial charge is 0.497 e. The van der Waals surface area contributed by atoms with Gasteiger partial charge in [0.25, 0.3) is 0 Å². The molecule has 0 saturated carbocycles. The van der Waals surface area contributed by atoms with Crippen molar-refractivity contribution in [2.24, 2.45) is 0 Å². The second-order valence-corrected chi connectivity index (χ2v) is 12.1. The van der Waals surface area contributed by atoms with Crippen molar-refractivity contribution in [1.29, 1.82) is 0 Å². The van der Waals surface area contributed by atoms with Crippen LogP contribution in [-0.4, -0.2) is 56.5 Å². The number of rotatable bonds is 20. The predicted molar refractivity (Wildman–Crippen MR) is 195 cm³/mol. The minimum Gasteiger partial charge on any atom is -0.497 e. The van der Waals surface area contributed by atoms with Crippen LogP contribution in [0.3, 0.4) is 0 Å². The maximum absolute atomic E-state index is 13.3. The molecule has 1 unspecified atom stereocenters. The fourth-order valence-corrected chi connectivity index (χ4v) is 5.50. The average molecular weight is 687 g/mol. The molecule has 8 nitrogen and oxygen atoms in total. The maximum atomic E-state index is 13.3. The Morgan fingerprint density at radius 1 is 0.796 bits per heavy atom. The molecule has 4 rings (SSSR count). The molecular formula is C40H47ClN2O6. The van der Waals surface area contributed by atoms with Crippen LogP contribution in [0.1, 0.15) is 67.4 Å². The summed E-state index contributed by atoms with van der Waals surface area (Å²) in [6.45, 7) is 10.3. The van der Waals surface area contributed by atoms with Crippen molar-refractivity contribution in [3.63, 3.8) is 0 Å². The fourth-order valence-electron chi connectivity index (χ4n) is 5.34. The van der Waals surface area contributed by atoms with Crippen molar-refractivity contribution in [2.75, 3.05) is 39.9 Å². The summed E-state index contributed by atoms with van der Waals surface area (Å²) in [5.74, 6) is 2.35. The third-order valence-corrected chi connectivity index (χ3v) is 8.48. The first kappa shape index (κ1) is 37.3. The molecule has 0 aliphatic carbocycles. The highest BCUT2D eigenvalue weighted by Crippen LogP contribution is 2.35. The summed E-state index contributed by atoms with van der Waals surface area (Å²) in [7, 11) is 1.63. The minimum atomic E-state index is -0.405. The Balaban J connectivity index is 1.31. The van der Waals surface area contributed by atoms with Crippen LogP contribution in [0.25, 0.3) is 0 Å². The molecule has 0 heterocycles. The number of halogens is 1. The van der Waals surface area contributed by atoms with Crippen LogP contribution >= 0.6 is 11.6 Å². The van der Waals surface area contributed by atoms with E-state index in [4.69, 9.17) is 30.5 Å². The van der Waals surface area contributed by atoms with Gasteiger partial charge in [-0.3, -0.25) is 9.59 Å². The van der Waals surface area contributed by atoms with Gasteiger partial charge >= 0.3 is 0 Å². The van der Waals surface area contributed by atoms with Gasteiger partial charge in [-0.25, -0.2) is 0 Å². The Labute approximate surface area is 295 Å². The van der Waals surface area contributed by atoms with Crippen molar-refractivity contribution in [3.05, 3.63) is 113 Å². The van der Waals surface area contributed by atoms with Crippen molar-refractivity contribution in [1.82, 2.24) is 10.2 Å². The smallest absolute Gasteiger partial charge is 0.227 e. The molecule has 4 aromatic rings. The Morgan fingerprint density at radius 2 is 1.47 bits per heavy atom. The summed E-state index contributed by atoms with van der Waals surface area (Å²) < 4.78 is 23.3. The summed E-state index contributed by atoms with van der Waals surface area (Å²) in [5.41, 5.74) is 2.34. The van der Waals surface area contributed by atoms with E-state index in [1.54, 1.807) is 49.6 Å². The van der Waals surface area contributed by atoms with Crippen LogP contribution in [0.4, 0.5) is 0 Å². The third-order valence-electron chi connectivity index (χ3n) is 8.24. The van der Waals surface area contributed by atoms with Crippen LogP contribution < -0.4 is 24.3 Å². The van der Waals surface area contributed by atoms with E-state index < -0.39 is 5.92 Å². The Bertz CT molecular complexity index is 1610. The van der Waals surface area contributed by atoms with Crippen molar-refractivity contribution < 1.29 is 28.5 Å². The number of methoxy groups -OCH3 is 1. The molecule has 0 aliphatic rings. The first-order valence-corrected chi connectivity index (χ1v) is 17.3. The van der Waals surface area contributed by atoms with Gasteiger partial charge in [0, 0.05) is 23.2 Å². The van der Waals surface area contributed by atoms with E-state index in [1.165, 1.54) is 0 Å². The van der Waals surface area contributed by atoms with Gasteiger partial charge in [-0.1, -0.05) is 63.1 Å². The fraction of sp³-hybridized carbons (Fsp3) is 0.350. The standard InChI is InChI=1S/C40H47ClN2O6/c1-5-9-36(40(45)42-27-37(44)31-14-19-34(20-15-31)47-25-8-24-43(6-2)7-3)30-12-21-35(22-13-30)49-38-23-16-32(41)26-39(38)48-28-29-10-17-33(46-4)18-11-29/h10-23,26,36H,5-9,24-25,27-28H2,1-4H3,(H,42,45). The molecule has 0 fully saturated rings. The number of amides is 1. The zero-order valence-corrected chi connectivity index (χ0v) is 29.6. The minimum absolute atomic E-state index is 0.0831. The lowest BCUT2D eigenvalue weighted by Gasteiger charge is -2.18. The zero-order valence-electron chi connectivity index (χ0n) is 28.9. The van der Waals surface area contributed by atoms with Gasteiger partial charge < -0.3 is 29.2 Å². The number of ketones is 1. The SMILES string of the molecule is CCCC(C(=O)NCC(=O)c1ccc(OCCCN(CC)CC)cc1)c1ccc(Oc2ccc(Cl)cc2OCc2ccc(OC)cc2)cc1. The molecule has 1 amide bonds. The average Bonchev–Trinajstić information content (AvgIpc) is 3.13. The molecule has 4 aromatic carbocycles. The maximum Gasteiger partial charge on any atom is 0.227 e. The molecule has 0 radical (unpaired) electrons. The number of carbonyl (C=O) groups excluding carboxylic acids is 2. The van der Waals surface area contributed by atoms with E-state index in [2.05, 4.69) is 24.1 Å². The van der Waals surface area contributed by atoms with Gasteiger partial charge in [0.1, 0.15) is 23.9 Å². The number of hydrogen-bond donors (Lipinski definition) is 1. The number of Topliss-reactive ketones (excluding diaryl/α,β-unsaturated/α-hetero) is 1. The highest BCUT2D eigenvalue weighted by Gasteiger charge is 2.21. The van der Waals surface area contributed by atoms with Crippen LogP contribution in [0.5, 0.6) is 28.7 Å². The molecule has 0 bridgehead atoms. The molecule has 260 valence electrons. The number of nitrogens with zero attached hydrogens (tertiary/aromatic N) is 1. The lowest BCUT2D eigenvalue weighted by Crippen LogP contribution is -2.33. The van der Waals surface area contributed by atoms with Crippen LogP contribution in [0.2, 0.25) is 5.02 Å². The van der Waals surface area contributed by atoms with Crippen LogP contribution in [0.15, 0.2) is 91.0 Å². The Morgan fingerprint density at radius 3 is 2.12 bits per heavy atom. The summed E-state index contributed by atoms with van der Waals surface area (Å²) in [6, 6.07) is 27.4. The van der Waals surface area contributed by atoms with Crippen molar-refractivity contribution in [3.8, 4) is 28.7 Å². The summed E-state index contributed by atoms with van der Waals surface area (Å²) in [5, 5.41) is 3.38. The van der Waals surface area contributed by atoms with E-state index in [0.29, 0.717) is 47.5 Å². The lowest BCUT2D eigenvalue weighted by molar-refractivity contribution is -0.122. The molecule has 0 aromatic heterocycles. The second kappa shape index (κ2) is 19.5. The topological polar surface area (TPSA) is 86.3 Å². The number of benzene rings is 4. The van der Waals surface area contributed by atoms with Crippen molar-refractivity contribution >= 4 is 23.3 Å². The van der Waals surface area contributed by atoms with E-state index in [9.17, 15) is 9.59 Å². The molecule has 9 heteroatoms. The van der Waals surface area contributed by atoms with E-state index in [-0.39, 0.29) is 18.2 Å². The predicted octanol–water partition coefficient (Wildman–Crippen LogP) is 8.71. The quantitative estimate of drug-likeness (QED) is 0.0735. The van der Waals surface area contributed by atoms with Crippen molar-refractivity contribution in [2.45, 2.75) is 52.6 Å². The summed E-state index contributed by atoms with van der Waals surface area (Å²) in [4.78, 5) is 28.5. The Hall–Kier alpha value is -4.53. The lowest BCUT2D eigenvalue weighted by atomic mass is 9.93. The highest BCUT2D eigenvalue weighted by molar-refractivity contribution is 6.30. The van der Waals surface area contributed by atoms with Gasteiger partial charge in [0.05, 0.1) is 26.2 Å². The van der Waals surface area contributed by atoms with Gasteiger partial charge in [-0.15, -0.1) is 0 Å². The van der Waals surface area contributed by atoms with Crippen LogP contribution in [-0.2, 0) is 11.4 Å². The summed E-state index contributed by atoms with van der Waals surface area (Å²) >= 11 is 6.26. The zero-order chi connectivity index (χ0) is 35.0. The molecule has 49 heavy (non-hydrogen) atoms. The normalized spacial score (nSPS) is 11.6. The first-order chi connectivity index (χ1) is 23.8. The van der Waals surface area contributed by atoms with E-state index in [1.807, 2.05) is 55.5 Å². The number of ether oxygens (including phenoxy) is 4. The number of hydrogen-bond acceptors (Lipinski definition) is 7. The molecule has 0 saturated heterocycles. The van der Waals surface area contributed by atoms with Gasteiger partial charge in [0.2, 0.25) is 5.91 Å². The summed E-state index contributed by atoms with van der Waals surface area (Å²) in [6.07, 6.45) is 2.38. The highest BCUT2D eigenvalue weighted by atomic mass is 35.5. The van der Waals surface area contributed by atoms with Gasteiger partial charge in [-0.2, -0.15) is 0 Å². The number of nitrogens with one attached hydrogen (secondary N) is 1. The Kier molecular flexibility index (Phi) is 14.8. The molecular weight excluding hydrogens is 640 g/mol. The molecule has 1 N–H and O–H groups in total. The van der Waals surface area contributed by atoms with Crippen LogP contribution in [0, 0.1) is 0 Å². The van der Waals surface area contributed by atoms with E-state index in [0.717, 1.165) is 55.1 Å². The molecule has 1 atom stereocenters. The third kappa shape index (κ3) is 11.5. The molecule has 0 aliphatic heterocycles. The van der Waals surface area contributed by atoms with Gasteiger partial charge in [0.15, 0.2) is 17.3 Å². The van der Waals surface area contributed by atoms with Gasteiger partial charge in [-0.05, 0) is 97.7 Å². The van der Waals surface area contributed by atoms with E-state index >= 15 is 0 Å². The second-order valence-electron chi connectivity index (χ2n) is 11.6. The first-order valence-electron chi connectivity index (χ1n) is 16.9.